The van der Waals surface area contributed by atoms with Gasteiger partial charge in [-0.3, -0.25) is 0 Å². The van der Waals surface area contributed by atoms with Crippen molar-refractivity contribution in [1.82, 2.24) is 0 Å². The monoisotopic (exact) mass is 269 g/mol. The van der Waals surface area contributed by atoms with Gasteiger partial charge in [-0.25, -0.2) is 0 Å². The summed E-state index contributed by atoms with van der Waals surface area (Å²) in [6.45, 7) is 3.42. The zero-order valence-corrected chi connectivity index (χ0v) is 11.4. The van der Waals surface area contributed by atoms with Gasteiger partial charge in [-0.2, -0.15) is 0 Å². The number of nitrogens with two attached hydrogens (primary N) is 1. The lowest BCUT2D eigenvalue weighted by Crippen LogP contribution is -2.58. The average Bonchev–Trinajstić information content (AvgIpc) is 2.36. The van der Waals surface area contributed by atoms with Crippen molar-refractivity contribution < 1.29 is 9.47 Å². The number of hydrogen-bond donors (Lipinski definition) is 1. The average molecular weight is 270 g/mol. The van der Waals surface area contributed by atoms with Crippen molar-refractivity contribution in [3.05, 3.63) is 34.9 Å². The molecule has 2 N–H and O–H groups in total. The van der Waals surface area contributed by atoms with Crippen molar-refractivity contribution in [2.75, 3.05) is 6.61 Å². The van der Waals surface area contributed by atoms with E-state index in [1.807, 2.05) is 24.3 Å². The first kappa shape index (κ1) is 13.8. The van der Waals surface area contributed by atoms with E-state index in [4.69, 9.17) is 26.8 Å². The van der Waals surface area contributed by atoms with Crippen LogP contribution in [-0.2, 0) is 16.1 Å². The van der Waals surface area contributed by atoms with Crippen LogP contribution < -0.4 is 5.73 Å². The second-order valence-electron chi connectivity index (χ2n) is 4.71. The summed E-state index contributed by atoms with van der Waals surface area (Å²) in [6.07, 6.45) is 2.06. The molecule has 0 radical (unpaired) electrons. The van der Waals surface area contributed by atoms with Crippen molar-refractivity contribution in [2.24, 2.45) is 5.73 Å². The first-order valence-corrected chi connectivity index (χ1v) is 6.81. The van der Waals surface area contributed by atoms with Gasteiger partial charge < -0.3 is 15.2 Å². The molecular formula is C14H20ClNO2. The molecule has 3 nitrogen and oxygen atoms in total. The Morgan fingerprint density at radius 3 is 2.61 bits per heavy atom. The van der Waals surface area contributed by atoms with Crippen LogP contribution in [0.15, 0.2) is 24.3 Å². The third kappa shape index (κ3) is 3.45. The molecule has 0 aromatic heterocycles. The molecule has 1 aromatic rings. The van der Waals surface area contributed by atoms with Crippen LogP contribution in [0.2, 0.25) is 5.02 Å². The summed E-state index contributed by atoms with van der Waals surface area (Å²) in [5.74, 6) is 0. The molecule has 1 aliphatic rings. The molecule has 3 atom stereocenters. The number of benzene rings is 1. The molecule has 2 rings (SSSR count). The molecule has 18 heavy (non-hydrogen) atoms. The maximum absolute atomic E-state index is 5.92. The van der Waals surface area contributed by atoms with Gasteiger partial charge in [0.25, 0.3) is 0 Å². The zero-order valence-electron chi connectivity index (χ0n) is 10.6. The van der Waals surface area contributed by atoms with Gasteiger partial charge >= 0.3 is 0 Å². The first-order valence-electron chi connectivity index (χ1n) is 6.44. The first-order chi connectivity index (χ1) is 8.70. The van der Waals surface area contributed by atoms with Crippen LogP contribution in [-0.4, -0.2) is 24.9 Å². The third-order valence-corrected chi connectivity index (χ3v) is 3.44. The molecule has 1 aliphatic carbocycles. The Labute approximate surface area is 113 Å². The third-order valence-electron chi connectivity index (χ3n) is 3.18. The topological polar surface area (TPSA) is 44.5 Å². The number of rotatable bonds is 6. The van der Waals surface area contributed by atoms with Crippen LogP contribution in [0.1, 0.15) is 25.3 Å². The fourth-order valence-corrected chi connectivity index (χ4v) is 2.17. The summed E-state index contributed by atoms with van der Waals surface area (Å²) >= 11 is 5.83. The van der Waals surface area contributed by atoms with Crippen molar-refractivity contribution in [2.45, 2.75) is 44.6 Å². The predicted molar refractivity (Wildman–Crippen MR) is 72.7 cm³/mol. The highest BCUT2D eigenvalue weighted by molar-refractivity contribution is 6.30. The highest BCUT2D eigenvalue weighted by Crippen LogP contribution is 2.27. The molecule has 0 heterocycles. The van der Waals surface area contributed by atoms with Crippen LogP contribution in [0.4, 0.5) is 0 Å². The summed E-state index contributed by atoms with van der Waals surface area (Å²) in [5, 5.41) is 0.744. The Hall–Kier alpha value is -0.610. The maximum Gasteiger partial charge on any atom is 0.0988 e. The summed E-state index contributed by atoms with van der Waals surface area (Å²) < 4.78 is 11.5. The SMILES string of the molecule is CCCOC1C(N)CC1OCc1ccc(Cl)cc1. The van der Waals surface area contributed by atoms with Crippen LogP contribution >= 0.6 is 11.6 Å². The molecule has 0 spiro atoms. The molecule has 3 unspecified atom stereocenters. The van der Waals surface area contributed by atoms with Crippen LogP contribution in [0.3, 0.4) is 0 Å². The Balaban J connectivity index is 1.78. The van der Waals surface area contributed by atoms with E-state index in [0.717, 1.165) is 30.0 Å². The highest BCUT2D eigenvalue weighted by Gasteiger charge is 2.40. The van der Waals surface area contributed by atoms with Crippen LogP contribution in [0.5, 0.6) is 0 Å². The van der Waals surface area contributed by atoms with Gasteiger partial charge in [-0.15, -0.1) is 0 Å². The number of hydrogen-bond acceptors (Lipinski definition) is 3. The van der Waals surface area contributed by atoms with Gasteiger partial charge in [-0.05, 0) is 30.5 Å². The van der Waals surface area contributed by atoms with Crippen molar-refractivity contribution >= 4 is 11.6 Å². The molecule has 4 heteroatoms. The molecule has 1 saturated carbocycles. The minimum Gasteiger partial charge on any atom is -0.374 e. The zero-order chi connectivity index (χ0) is 13.0. The minimum atomic E-state index is 0.0530. The molecule has 0 aliphatic heterocycles. The number of halogens is 1. The fraction of sp³-hybridized carbons (Fsp3) is 0.571. The molecule has 0 saturated heterocycles. The van der Waals surface area contributed by atoms with Crippen molar-refractivity contribution in [1.29, 1.82) is 0 Å². The predicted octanol–water partition coefficient (Wildman–Crippen LogP) is 2.75. The molecule has 1 fully saturated rings. The fourth-order valence-electron chi connectivity index (χ4n) is 2.05. The molecule has 0 amide bonds. The lowest BCUT2D eigenvalue weighted by atomic mass is 9.86. The molecule has 0 bridgehead atoms. The lowest BCUT2D eigenvalue weighted by molar-refractivity contribution is -0.144. The van der Waals surface area contributed by atoms with Gasteiger partial charge in [-0.1, -0.05) is 30.7 Å². The summed E-state index contributed by atoms with van der Waals surface area (Å²) in [6, 6.07) is 7.81. The lowest BCUT2D eigenvalue weighted by Gasteiger charge is -2.41. The molecule has 1 aromatic carbocycles. The van der Waals surface area contributed by atoms with E-state index in [0.29, 0.717) is 6.61 Å². The Morgan fingerprint density at radius 1 is 1.28 bits per heavy atom. The van der Waals surface area contributed by atoms with E-state index in [9.17, 15) is 0 Å². The minimum absolute atomic E-state index is 0.0530. The second kappa shape index (κ2) is 6.53. The van der Waals surface area contributed by atoms with Crippen molar-refractivity contribution in [3.8, 4) is 0 Å². The van der Waals surface area contributed by atoms with E-state index < -0.39 is 0 Å². The van der Waals surface area contributed by atoms with E-state index in [1.54, 1.807) is 0 Å². The van der Waals surface area contributed by atoms with Gasteiger partial charge in [0.15, 0.2) is 0 Å². The van der Waals surface area contributed by atoms with E-state index >= 15 is 0 Å². The van der Waals surface area contributed by atoms with Crippen molar-refractivity contribution in [3.63, 3.8) is 0 Å². The summed E-state index contributed by atoms with van der Waals surface area (Å²) in [5.41, 5.74) is 7.04. The second-order valence-corrected chi connectivity index (χ2v) is 5.15. The standard InChI is InChI=1S/C14H20ClNO2/c1-2-7-17-14-12(16)8-13(14)18-9-10-3-5-11(15)6-4-10/h3-6,12-14H,2,7-9,16H2,1H3. The molecule has 100 valence electrons. The Morgan fingerprint density at radius 2 is 2.00 bits per heavy atom. The summed E-state index contributed by atoms with van der Waals surface area (Å²) in [4.78, 5) is 0. The molecular weight excluding hydrogens is 250 g/mol. The van der Waals surface area contributed by atoms with E-state index in [2.05, 4.69) is 6.92 Å². The van der Waals surface area contributed by atoms with Gasteiger partial charge in [0, 0.05) is 17.7 Å². The highest BCUT2D eigenvalue weighted by atomic mass is 35.5. The van der Waals surface area contributed by atoms with E-state index in [-0.39, 0.29) is 18.2 Å². The van der Waals surface area contributed by atoms with E-state index in [1.165, 1.54) is 0 Å². The smallest absolute Gasteiger partial charge is 0.0988 e. The normalized spacial score (nSPS) is 26.9. The van der Waals surface area contributed by atoms with Gasteiger partial charge in [0.1, 0.15) is 0 Å². The Bertz CT molecular complexity index is 369. The largest absolute Gasteiger partial charge is 0.374 e. The van der Waals surface area contributed by atoms with Crippen LogP contribution in [0.25, 0.3) is 0 Å². The van der Waals surface area contributed by atoms with Crippen LogP contribution in [0, 0.1) is 0 Å². The quantitative estimate of drug-likeness (QED) is 0.864. The van der Waals surface area contributed by atoms with Gasteiger partial charge in [0.2, 0.25) is 0 Å². The summed E-state index contributed by atoms with van der Waals surface area (Å²) in [7, 11) is 0. The maximum atomic E-state index is 5.92. The Kier molecular flexibility index (Phi) is 5.01. The van der Waals surface area contributed by atoms with Gasteiger partial charge in [0.05, 0.1) is 18.8 Å². The number of ether oxygens (including phenoxy) is 2.